The lowest BCUT2D eigenvalue weighted by Crippen LogP contribution is -2.34. The molecule has 5 aromatic rings. The van der Waals surface area contributed by atoms with Gasteiger partial charge in [-0.15, -0.1) is 0 Å². The number of ether oxygens (including phenoxy) is 1. The van der Waals surface area contributed by atoms with E-state index in [2.05, 4.69) is 0 Å². The molecule has 7 nitrogen and oxygen atoms in total. The van der Waals surface area contributed by atoms with E-state index >= 15 is 0 Å². The van der Waals surface area contributed by atoms with Crippen LogP contribution in [0.3, 0.4) is 0 Å². The molecule has 1 amide bonds. The highest BCUT2D eigenvalue weighted by Crippen LogP contribution is 2.50. The van der Waals surface area contributed by atoms with E-state index in [0.29, 0.717) is 27.8 Å². The Kier molecular flexibility index (Phi) is 7.12. The van der Waals surface area contributed by atoms with Gasteiger partial charge in [0.2, 0.25) is 0 Å². The lowest BCUT2D eigenvalue weighted by molar-refractivity contribution is 0.0597. The summed E-state index contributed by atoms with van der Waals surface area (Å²) in [6, 6.07) is 35.0. The van der Waals surface area contributed by atoms with Crippen LogP contribution in [0, 0.1) is 0 Å². The molecular formula is C35H30ClN3O4. The van der Waals surface area contributed by atoms with Gasteiger partial charge in [0.15, 0.2) is 0 Å². The Balaban J connectivity index is 1.73. The number of amides is 1. The molecule has 0 aromatic heterocycles. The van der Waals surface area contributed by atoms with Gasteiger partial charge in [0.1, 0.15) is 17.1 Å². The highest BCUT2D eigenvalue weighted by atomic mass is 35.5. The third-order valence-electron chi connectivity index (χ3n) is 6.96. The van der Waals surface area contributed by atoms with E-state index in [1.165, 1.54) is 17.0 Å². The van der Waals surface area contributed by atoms with Gasteiger partial charge in [-0.25, -0.2) is 9.69 Å². The minimum atomic E-state index is -0.849. The zero-order valence-corrected chi connectivity index (χ0v) is 24.7. The van der Waals surface area contributed by atoms with E-state index in [0.717, 1.165) is 11.4 Å². The van der Waals surface area contributed by atoms with Gasteiger partial charge in [0.25, 0.3) is 0 Å². The fourth-order valence-corrected chi connectivity index (χ4v) is 5.45. The molecule has 1 heterocycles. The number of anilines is 8. The molecule has 2 N–H and O–H groups in total. The summed E-state index contributed by atoms with van der Waals surface area (Å²) >= 11 is 7.30. The summed E-state index contributed by atoms with van der Waals surface area (Å²) in [5, 5.41) is 22.9. The fraction of sp³-hybridized carbons (Fsp3) is 0.114. The molecule has 5 aromatic carbocycles. The van der Waals surface area contributed by atoms with Gasteiger partial charge in [-0.1, -0.05) is 54.1 Å². The number of hydrogen-bond acceptors (Lipinski definition) is 6. The number of fused-ring (bicyclic) bond motifs is 6. The third-order valence-corrected chi connectivity index (χ3v) is 7.35. The maximum Gasteiger partial charge on any atom is 0.419 e. The minimum absolute atomic E-state index is 0.124. The Morgan fingerprint density at radius 2 is 1.05 bits per heavy atom. The van der Waals surface area contributed by atoms with Crippen molar-refractivity contribution in [1.29, 1.82) is 0 Å². The van der Waals surface area contributed by atoms with Crippen LogP contribution in [0.2, 0.25) is 5.02 Å². The van der Waals surface area contributed by atoms with E-state index in [4.69, 9.17) is 16.3 Å². The van der Waals surface area contributed by atoms with Gasteiger partial charge in [0.05, 0.1) is 27.8 Å². The van der Waals surface area contributed by atoms with Crippen LogP contribution in [-0.4, -0.2) is 21.9 Å². The van der Waals surface area contributed by atoms with Gasteiger partial charge in [-0.05, 0) is 93.6 Å². The topological polar surface area (TPSA) is 76.5 Å². The Hall–Kier alpha value is -5.14. The Bertz CT molecular complexity index is 1690. The number of nitrogens with zero attached hydrogens (tertiary/aromatic N) is 3. The molecule has 0 atom stereocenters. The molecule has 1 aliphatic heterocycles. The molecule has 1 aliphatic rings. The van der Waals surface area contributed by atoms with E-state index in [-0.39, 0.29) is 22.9 Å². The quantitative estimate of drug-likeness (QED) is 0.213. The van der Waals surface area contributed by atoms with Crippen LogP contribution in [-0.2, 0) is 4.74 Å². The molecule has 0 spiro atoms. The standard InChI is InChI=1S/C35H30ClN3O4/c1-35(2,3)43-34(42)39-29-21-25(17-19-31(29)40)37(23-11-6-4-7-12-23)27-15-10-16-28(33(27)36)38(24-13-8-5-9-14-24)26-18-20-32(41)30(39)22-26/h4-22,40-41H,1-3H3. The first-order valence-electron chi connectivity index (χ1n) is 13.8. The largest absolute Gasteiger partial charge is 0.506 e. The van der Waals surface area contributed by atoms with E-state index in [1.807, 2.05) is 88.7 Å². The first-order valence-corrected chi connectivity index (χ1v) is 14.2. The number of carbonyl (C=O) groups excluding carboxylic acids is 1. The summed E-state index contributed by atoms with van der Waals surface area (Å²) in [6.07, 6.45) is -0.765. The normalized spacial score (nSPS) is 12.8. The number of rotatable bonds is 2. The first kappa shape index (κ1) is 28.0. The average molecular weight is 592 g/mol. The number of phenols is 2. The zero-order chi connectivity index (χ0) is 30.3. The summed E-state index contributed by atoms with van der Waals surface area (Å²) in [6.45, 7) is 5.28. The molecule has 6 bridgehead atoms. The van der Waals surface area contributed by atoms with Crippen LogP contribution in [0.5, 0.6) is 11.5 Å². The third kappa shape index (κ3) is 5.31. The van der Waals surface area contributed by atoms with Gasteiger partial charge in [-0.3, -0.25) is 0 Å². The fourth-order valence-electron chi connectivity index (χ4n) is 5.16. The van der Waals surface area contributed by atoms with Crippen LogP contribution in [0.15, 0.2) is 115 Å². The van der Waals surface area contributed by atoms with Crippen molar-refractivity contribution in [2.45, 2.75) is 26.4 Å². The molecule has 43 heavy (non-hydrogen) atoms. The number of carbonyl (C=O) groups is 1. The second kappa shape index (κ2) is 10.9. The molecular weight excluding hydrogens is 562 g/mol. The monoisotopic (exact) mass is 591 g/mol. The van der Waals surface area contributed by atoms with Crippen molar-refractivity contribution in [2.75, 3.05) is 14.7 Å². The molecule has 6 rings (SSSR count). The van der Waals surface area contributed by atoms with Crippen LogP contribution < -0.4 is 14.7 Å². The highest BCUT2D eigenvalue weighted by molar-refractivity contribution is 6.36. The Morgan fingerprint density at radius 1 is 0.605 bits per heavy atom. The van der Waals surface area contributed by atoms with Crippen molar-refractivity contribution in [3.63, 3.8) is 0 Å². The number of phenolic OH excluding ortho intramolecular Hbond substituents is 2. The Labute approximate surface area is 255 Å². The zero-order valence-electron chi connectivity index (χ0n) is 23.9. The second-order valence-corrected chi connectivity index (χ2v) is 11.5. The molecule has 0 unspecified atom stereocenters. The molecule has 0 radical (unpaired) electrons. The number of para-hydroxylation sites is 2. The number of aromatic hydroxyl groups is 2. The maximum absolute atomic E-state index is 13.9. The Morgan fingerprint density at radius 3 is 1.47 bits per heavy atom. The van der Waals surface area contributed by atoms with Crippen molar-refractivity contribution < 1.29 is 19.7 Å². The summed E-state index contributed by atoms with van der Waals surface area (Å²) in [5.41, 5.74) is 3.64. The summed E-state index contributed by atoms with van der Waals surface area (Å²) in [4.78, 5) is 19.0. The van der Waals surface area contributed by atoms with Gasteiger partial charge >= 0.3 is 6.09 Å². The summed E-state index contributed by atoms with van der Waals surface area (Å²) in [5.74, 6) is -0.353. The first-order chi connectivity index (χ1) is 20.6. The van der Waals surface area contributed by atoms with Crippen molar-refractivity contribution in [2.24, 2.45) is 0 Å². The smallest absolute Gasteiger partial charge is 0.419 e. The lowest BCUT2D eigenvalue weighted by atomic mass is 10.1. The van der Waals surface area contributed by atoms with E-state index in [9.17, 15) is 15.0 Å². The maximum atomic E-state index is 13.9. The van der Waals surface area contributed by atoms with E-state index in [1.54, 1.807) is 45.0 Å². The van der Waals surface area contributed by atoms with Crippen LogP contribution >= 0.6 is 11.6 Å². The van der Waals surface area contributed by atoms with Crippen molar-refractivity contribution in [3.8, 4) is 11.5 Å². The van der Waals surface area contributed by atoms with Crippen LogP contribution in [0.4, 0.5) is 50.3 Å². The minimum Gasteiger partial charge on any atom is -0.506 e. The molecule has 0 fully saturated rings. The second-order valence-electron chi connectivity index (χ2n) is 11.1. The highest BCUT2D eigenvalue weighted by Gasteiger charge is 2.32. The van der Waals surface area contributed by atoms with E-state index < -0.39 is 11.7 Å². The number of hydrogen-bond donors (Lipinski definition) is 2. The predicted octanol–water partition coefficient (Wildman–Crippen LogP) is 10.1. The molecule has 8 heteroatoms. The summed E-state index contributed by atoms with van der Waals surface area (Å²) < 4.78 is 5.81. The van der Waals surface area contributed by atoms with Crippen LogP contribution in [0.1, 0.15) is 20.8 Å². The summed E-state index contributed by atoms with van der Waals surface area (Å²) in [7, 11) is 0. The molecule has 0 saturated carbocycles. The number of halogens is 1. The van der Waals surface area contributed by atoms with Crippen molar-refractivity contribution in [3.05, 3.63) is 120 Å². The molecule has 0 saturated heterocycles. The lowest BCUT2D eigenvalue weighted by Gasteiger charge is -2.34. The SMILES string of the molecule is CC(C)(C)OC(=O)N1c2cc(ccc2O)N(c2ccccc2)c2cccc(c2Cl)N(c2ccccc2)c2ccc(O)c1c2. The van der Waals surface area contributed by atoms with Crippen LogP contribution in [0.25, 0.3) is 0 Å². The van der Waals surface area contributed by atoms with Gasteiger partial charge < -0.3 is 24.7 Å². The average Bonchev–Trinajstić information content (AvgIpc) is 2.98. The molecule has 0 aliphatic carbocycles. The van der Waals surface area contributed by atoms with Crippen molar-refractivity contribution in [1.82, 2.24) is 0 Å². The van der Waals surface area contributed by atoms with Crippen molar-refractivity contribution >= 4 is 63.2 Å². The van der Waals surface area contributed by atoms with Gasteiger partial charge in [0, 0.05) is 22.7 Å². The van der Waals surface area contributed by atoms with Gasteiger partial charge in [-0.2, -0.15) is 0 Å². The molecule has 216 valence electrons. The number of benzene rings is 5. The predicted molar refractivity (Wildman–Crippen MR) is 173 cm³/mol.